The second kappa shape index (κ2) is 5.24. The van der Waals surface area contributed by atoms with Crippen LogP contribution < -0.4 is 4.89 Å². The fourth-order valence-corrected chi connectivity index (χ4v) is 2.41. The molecular weight excluding hydrogens is 276 g/mol. The lowest BCUT2D eigenvalue weighted by Crippen LogP contribution is -2.33. The number of nitrogens with one attached hydrogen (secondary N) is 1. The van der Waals surface area contributed by atoms with Crippen molar-refractivity contribution in [3.63, 3.8) is 0 Å². The zero-order valence-corrected chi connectivity index (χ0v) is 11.8. The van der Waals surface area contributed by atoms with Crippen LogP contribution in [-0.2, 0) is 14.9 Å². The van der Waals surface area contributed by atoms with Gasteiger partial charge in [-0.1, -0.05) is 16.5 Å². The molecule has 0 fully saturated rings. The first-order valence-electron chi connectivity index (χ1n) is 5.05. The average Bonchev–Trinajstić information content (AvgIpc) is 2.26. The van der Waals surface area contributed by atoms with Crippen LogP contribution in [0.25, 0.3) is 0 Å². The number of sulfonamides is 1. The molecule has 0 aromatic heterocycles. The van der Waals surface area contributed by atoms with E-state index in [0.29, 0.717) is 0 Å². The summed E-state index contributed by atoms with van der Waals surface area (Å²) in [5.41, 5.74) is -0.678. The molecule has 1 rings (SSSR count). The van der Waals surface area contributed by atoms with Crippen molar-refractivity contribution in [3.05, 3.63) is 28.8 Å². The van der Waals surface area contributed by atoms with Crippen LogP contribution in [0.1, 0.15) is 26.3 Å². The maximum atomic E-state index is 12.0. The number of rotatable bonds is 3. The Hall–Kier alpha value is -1.13. The van der Waals surface area contributed by atoms with Gasteiger partial charge in [-0.3, -0.25) is 4.84 Å². The van der Waals surface area contributed by atoms with Crippen molar-refractivity contribution in [1.29, 1.82) is 5.26 Å². The third-order valence-electron chi connectivity index (χ3n) is 1.81. The first-order valence-corrected chi connectivity index (χ1v) is 6.91. The number of nitriles is 1. The number of halogens is 1. The minimum absolute atomic E-state index is 0.00408. The van der Waals surface area contributed by atoms with Crippen molar-refractivity contribution in [2.75, 3.05) is 0 Å². The van der Waals surface area contributed by atoms with E-state index in [-0.39, 0.29) is 15.5 Å². The Morgan fingerprint density at radius 1 is 1.39 bits per heavy atom. The molecule has 18 heavy (non-hydrogen) atoms. The quantitative estimate of drug-likeness (QED) is 0.865. The van der Waals surface area contributed by atoms with Crippen LogP contribution in [0.3, 0.4) is 0 Å². The van der Waals surface area contributed by atoms with E-state index in [0.717, 1.165) is 0 Å². The van der Waals surface area contributed by atoms with Crippen LogP contribution in [0.2, 0.25) is 5.02 Å². The molecule has 1 N–H and O–H groups in total. The average molecular weight is 289 g/mol. The first kappa shape index (κ1) is 14.9. The fourth-order valence-electron chi connectivity index (χ4n) is 1.04. The molecule has 0 radical (unpaired) electrons. The molecule has 0 atom stereocenters. The van der Waals surface area contributed by atoms with Crippen molar-refractivity contribution >= 4 is 21.6 Å². The van der Waals surface area contributed by atoms with Gasteiger partial charge in [0.25, 0.3) is 10.0 Å². The van der Waals surface area contributed by atoms with E-state index in [1.54, 1.807) is 26.8 Å². The summed E-state index contributed by atoms with van der Waals surface area (Å²) in [6.45, 7) is 5.08. The Balaban J connectivity index is 3.13. The van der Waals surface area contributed by atoms with Gasteiger partial charge in [0.2, 0.25) is 0 Å². The summed E-state index contributed by atoms with van der Waals surface area (Å²) in [5, 5.41) is 9.10. The second-order valence-electron chi connectivity index (χ2n) is 4.55. The number of hydrogen-bond donors (Lipinski definition) is 1. The van der Waals surface area contributed by atoms with Crippen molar-refractivity contribution in [1.82, 2.24) is 4.89 Å². The monoisotopic (exact) mass is 288 g/mol. The van der Waals surface area contributed by atoms with Crippen LogP contribution in [-0.4, -0.2) is 14.0 Å². The van der Waals surface area contributed by atoms with Gasteiger partial charge in [-0.15, -0.1) is 0 Å². The molecule has 0 aliphatic carbocycles. The first-order chi connectivity index (χ1) is 8.15. The minimum atomic E-state index is -3.94. The number of benzene rings is 1. The molecule has 1 aromatic rings. The zero-order chi connectivity index (χ0) is 14.0. The van der Waals surface area contributed by atoms with E-state index in [2.05, 4.69) is 0 Å². The molecule has 0 spiro atoms. The van der Waals surface area contributed by atoms with E-state index in [9.17, 15) is 8.42 Å². The van der Waals surface area contributed by atoms with Crippen LogP contribution in [0.15, 0.2) is 23.1 Å². The molecule has 0 aliphatic heterocycles. The van der Waals surface area contributed by atoms with Crippen molar-refractivity contribution in [3.8, 4) is 6.07 Å². The van der Waals surface area contributed by atoms with Crippen LogP contribution in [0.5, 0.6) is 0 Å². The maximum Gasteiger partial charge on any atom is 0.263 e. The predicted molar refractivity (Wildman–Crippen MR) is 67.3 cm³/mol. The standard InChI is InChI=1S/C11H13ClN2O3S/c1-11(2,3)17-14-18(15,16)10-6-9(12)5-4-8(10)7-13/h4-6,14H,1-3H3. The Morgan fingerprint density at radius 2 is 2.00 bits per heavy atom. The SMILES string of the molecule is CC(C)(C)ONS(=O)(=O)c1cc(Cl)ccc1C#N. The van der Waals surface area contributed by atoms with E-state index in [1.807, 2.05) is 4.89 Å². The summed E-state index contributed by atoms with van der Waals surface area (Å²) in [6, 6.07) is 5.78. The van der Waals surface area contributed by atoms with E-state index >= 15 is 0 Å². The van der Waals surface area contributed by atoms with Crippen molar-refractivity contribution in [2.24, 2.45) is 0 Å². The highest BCUT2D eigenvalue weighted by Crippen LogP contribution is 2.20. The molecule has 0 heterocycles. The predicted octanol–water partition coefficient (Wildman–Crippen LogP) is 2.22. The lowest BCUT2D eigenvalue weighted by Gasteiger charge is -2.19. The molecule has 98 valence electrons. The zero-order valence-electron chi connectivity index (χ0n) is 10.2. The van der Waals surface area contributed by atoms with E-state index in [1.165, 1.54) is 18.2 Å². The molecule has 0 amide bonds. The van der Waals surface area contributed by atoms with E-state index < -0.39 is 15.6 Å². The van der Waals surface area contributed by atoms with Crippen LogP contribution in [0, 0.1) is 11.3 Å². The Morgan fingerprint density at radius 3 is 2.50 bits per heavy atom. The normalized spacial score (nSPS) is 12.2. The number of nitrogens with zero attached hydrogens (tertiary/aromatic N) is 1. The summed E-state index contributed by atoms with van der Waals surface area (Å²) in [5.74, 6) is 0. The topological polar surface area (TPSA) is 79.2 Å². The second-order valence-corrected chi connectivity index (χ2v) is 6.60. The summed E-state index contributed by atoms with van der Waals surface area (Å²) < 4.78 is 23.9. The summed E-state index contributed by atoms with van der Waals surface area (Å²) >= 11 is 5.73. The summed E-state index contributed by atoms with van der Waals surface area (Å²) in [6.07, 6.45) is 0. The van der Waals surface area contributed by atoms with Gasteiger partial charge in [0.05, 0.1) is 11.2 Å². The minimum Gasteiger partial charge on any atom is -0.281 e. The molecule has 0 bridgehead atoms. The third kappa shape index (κ3) is 3.96. The Labute approximate surface area is 111 Å². The van der Waals surface area contributed by atoms with Gasteiger partial charge in [0, 0.05) is 5.02 Å². The Bertz CT molecular complexity index is 585. The molecule has 0 saturated carbocycles. The molecule has 5 nitrogen and oxygen atoms in total. The molecule has 0 unspecified atom stereocenters. The Kier molecular flexibility index (Phi) is 4.35. The molecule has 0 aliphatic rings. The van der Waals surface area contributed by atoms with Gasteiger partial charge in [0.1, 0.15) is 11.0 Å². The molecule has 7 heteroatoms. The summed E-state index contributed by atoms with van der Waals surface area (Å²) in [7, 11) is -3.94. The van der Waals surface area contributed by atoms with Gasteiger partial charge in [0.15, 0.2) is 0 Å². The lowest BCUT2D eigenvalue weighted by atomic mass is 10.2. The van der Waals surface area contributed by atoms with Gasteiger partial charge in [-0.2, -0.15) is 5.26 Å². The smallest absolute Gasteiger partial charge is 0.263 e. The largest absolute Gasteiger partial charge is 0.281 e. The van der Waals surface area contributed by atoms with Gasteiger partial charge >= 0.3 is 0 Å². The van der Waals surface area contributed by atoms with E-state index in [4.69, 9.17) is 21.7 Å². The fraction of sp³-hybridized carbons (Fsp3) is 0.364. The highest BCUT2D eigenvalue weighted by atomic mass is 35.5. The summed E-state index contributed by atoms with van der Waals surface area (Å²) in [4.78, 5) is 6.77. The van der Waals surface area contributed by atoms with Gasteiger partial charge in [-0.05, 0) is 39.0 Å². The lowest BCUT2D eigenvalue weighted by molar-refractivity contribution is -0.0357. The highest BCUT2D eigenvalue weighted by molar-refractivity contribution is 7.89. The molecule has 1 aromatic carbocycles. The van der Waals surface area contributed by atoms with Crippen LogP contribution >= 0.6 is 11.6 Å². The van der Waals surface area contributed by atoms with Gasteiger partial charge in [-0.25, -0.2) is 8.42 Å². The number of hydrogen-bond acceptors (Lipinski definition) is 4. The highest BCUT2D eigenvalue weighted by Gasteiger charge is 2.22. The van der Waals surface area contributed by atoms with Crippen molar-refractivity contribution in [2.45, 2.75) is 31.3 Å². The maximum absolute atomic E-state index is 12.0. The van der Waals surface area contributed by atoms with Crippen molar-refractivity contribution < 1.29 is 13.3 Å². The van der Waals surface area contributed by atoms with Crippen LogP contribution in [0.4, 0.5) is 0 Å². The van der Waals surface area contributed by atoms with Gasteiger partial charge < -0.3 is 0 Å². The third-order valence-corrected chi connectivity index (χ3v) is 3.27. The molecule has 0 saturated heterocycles. The molecular formula is C11H13ClN2O3S.